The van der Waals surface area contributed by atoms with Crippen LogP contribution in [0.15, 0.2) is 41.2 Å². The second-order valence-electron chi connectivity index (χ2n) is 4.89. The average molecular weight is 252 g/mol. The molecule has 3 heteroatoms. The Bertz CT molecular complexity index is 684. The van der Waals surface area contributed by atoms with E-state index in [1.807, 2.05) is 25.1 Å². The summed E-state index contributed by atoms with van der Waals surface area (Å²) in [6.45, 7) is 2.64. The number of aryl methyl sites for hydroxylation is 1. The van der Waals surface area contributed by atoms with Crippen LogP contribution in [0.3, 0.4) is 0 Å². The molecule has 0 saturated heterocycles. The molecule has 2 heterocycles. The average Bonchev–Trinajstić information content (AvgIpc) is 2.41. The number of fused-ring (bicyclic) bond motifs is 1. The van der Waals surface area contributed by atoms with Gasteiger partial charge in [0, 0.05) is 18.3 Å². The summed E-state index contributed by atoms with van der Waals surface area (Å²) in [7, 11) is 0. The van der Waals surface area contributed by atoms with E-state index >= 15 is 0 Å². The maximum atomic E-state index is 12.0. The molecule has 0 bridgehead atoms. The van der Waals surface area contributed by atoms with Crippen molar-refractivity contribution in [1.82, 2.24) is 9.55 Å². The lowest BCUT2D eigenvalue weighted by Crippen LogP contribution is -2.27. The van der Waals surface area contributed by atoms with Crippen molar-refractivity contribution in [3.63, 3.8) is 0 Å². The highest BCUT2D eigenvalue weighted by Gasteiger charge is 2.16. The van der Waals surface area contributed by atoms with Gasteiger partial charge in [-0.15, -0.1) is 0 Å². The van der Waals surface area contributed by atoms with Crippen LogP contribution in [0, 0.1) is 6.92 Å². The fraction of sp³-hybridized carbons (Fsp3) is 0.250. The van der Waals surface area contributed by atoms with E-state index in [4.69, 9.17) is 0 Å². The lowest BCUT2D eigenvalue weighted by molar-refractivity contribution is 0.578. The topological polar surface area (TPSA) is 34.9 Å². The van der Waals surface area contributed by atoms with Gasteiger partial charge < -0.3 is 0 Å². The Morgan fingerprint density at radius 3 is 2.84 bits per heavy atom. The van der Waals surface area contributed by atoms with Crippen molar-refractivity contribution in [3.8, 4) is 0 Å². The van der Waals surface area contributed by atoms with Gasteiger partial charge in [-0.1, -0.05) is 30.3 Å². The monoisotopic (exact) mass is 252 g/mol. The number of nitrogens with zero attached hydrogens (tertiary/aromatic N) is 2. The molecule has 1 aromatic carbocycles. The zero-order valence-corrected chi connectivity index (χ0v) is 11.0. The quantitative estimate of drug-likeness (QED) is 0.782. The third-order valence-corrected chi connectivity index (χ3v) is 3.39. The second kappa shape index (κ2) is 4.84. The van der Waals surface area contributed by atoms with Crippen LogP contribution in [0.2, 0.25) is 0 Å². The van der Waals surface area contributed by atoms with Crippen LogP contribution in [0.5, 0.6) is 0 Å². The van der Waals surface area contributed by atoms with Gasteiger partial charge in [0.2, 0.25) is 0 Å². The van der Waals surface area contributed by atoms with Gasteiger partial charge >= 0.3 is 0 Å². The summed E-state index contributed by atoms with van der Waals surface area (Å²) in [5.74, 6) is 0.833. The lowest BCUT2D eigenvalue weighted by atomic mass is 10.0. The lowest BCUT2D eigenvalue weighted by Gasteiger charge is -2.20. The van der Waals surface area contributed by atoms with E-state index in [1.165, 1.54) is 0 Å². The van der Waals surface area contributed by atoms with Crippen LogP contribution in [-0.4, -0.2) is 9.55 Å². The van der Waals surface area contributed by atoms with Crippen LogP contribution in [-0.2, 0) is 6.54 Å². The molecule has 3 nitrogen and oxygen atoms in total. The van der Waals surface area contributed by atoms with Gasteiger partial charge in [0.25, 0.3) is 5.56 Å². The maximum absolute atomic E-state index is 12.0. The number of hydrogen-bond acceptors (Lipinski definition) is 2. The Morgan fingerprint density at radius 2 is 2.05 bits per heavy atom. The van der Waals surface area contributed by atoms with Crippen molar-refractivity contribution in [3.05, 3.63) is 63.8 Å². The molecule has 0 atom stereocenters. The third kappa shape index (κ3) is 2.36. The summed E-state index contributed by atoms with van der Waals surface area (Å²) in [6.07, 6.45) is 4.11. The molecule has 1 aliphatic rings. The Morgan fingerprint density at radius 1 is 1.26 bits per heavy atom. The van der Waals surface area contributed by atoms with E-state index in [2.05, 4.69) is 23.2 Å². The van der Waals surface area contributed by atoms with Crippen molar-refractivity contribution in [2.75, 3.05) is 0 Å². The van der Waals surface area contributed by atoms with Crippen LogP contribution in [0.4, 0.5) is 0 Å². The first kappa shape index (κ1) is 11.9. The van der Waals surface area contributed by atoms with Crippen molar-refractivity contribution in [2.24, 2.45) is 0 Å². The minimum Gasteiger partial charge on any atom is -0.293 e. The zero-order chi connectivity index (χ0) is 13.2. The standard InChI is InChI=1S/C16H16N2O/c1-12-10-15(19)18-9-5-8-14(16(18)17-12)11-13-6-3-2-4-7-13/h2-4,6-7,10-11H,5,8-9H2,1H3. The van der Waals surface area contributed by atoms with Crippen LogP contribution >= 0.6 is 0 Å². The summed E-state index contributed by atoms with van der Waals surface area (Å²) >= 11 is 0. The maximum Gasteiger partial charge on any atom is 0.253 e. The molecule has 0 amide bonds. The number of benzene rings is 1. The molecule has 0 unspecified atom stereocenters. The molecule has 0 saturated carbocycles. The van der Waals surface area contributed by atoms with Gasteiger partial charge in [0.1, 0.15) is 5.82 Å². The van der Waals surface area contributed by atoms with Gasteiger partial charge in [-0.05, 0) is 37.0 Å². The molecular weight excluding hydrogens is 236 g/mol. The molecule has 2 aromatic rings. The SMILES string of the molecule is Cc1cc(=O)n2c(n1)C(=Cc1ccccc1)CCC2. The Labute approximate surface area is 112 Å². The van der Waals surface area contributed by atoms with Crippen molar-refractivity contribution in [1.29, 1.82) is 0 Å². The van der Waals surface area contributed by atoms with Gasteiger partial charge in [-0.2, -0.15) is 0 Å². The normalized spacial score (nSPS) is 16.4. The predicted molar refractivity (Wildman–Crippen MR) is 76.8 cm³/mol. The molecule has 0 radical (unpaired) electrons. The van der Waals surface area contributed by atoms with E-state index in [-0.39, 0.29) is 5.56 Å². The molecule has 1 aliphatic heterocycles. The van der Waals surface area contributed by atoms with Gasteiger partial charge in [-0.25, -0.2) is 4.98 Å². The predicted octanol–water partition coefficient (Wildman–Crippen LogP) is 2.89. The van der Waals surface area contributed by atoms with Gasteiger partial charge in [0.05, 0.1) is 0 Å². The third-order valence-electron chi connectivity index (χ3n) is 3.39. The van der Waals surface area contributed by atoms with E-state index in [0.29, 0.717) is 0 Å². The molecule has 0 spiro atoms. The van der Waals surface area contributed by atoms with E-state index in [1.54, 1.807) is 10.6 Å². The highest BCUT2D eigenvalue weighted by Crippen LogP contribution is 2.25. The van der Waals surface area contributed by atoms with E-state index < -0.39 is 0 Å². The summed E-state index contributed by atoms with van der Waals surface area (Å²) in [5.41, 5.74) is 3.15. The minimum atomic E-state index is 0.0566. The molecule has 0 fully saturated rings. The molecule has 1 aromatic heterocycles. The molecule has 0 N–H and O–H groups in total. The van der Waals surface area contributed by atoms with E-state index in [9.17, 15) is 4.79 Å². The Kier molecular flexibility index (Phi) is 3.03. The zero-order valence-electron chi connectivity index (χ0n) is 11.0. The highest BCUT2D eigenvalue weighted by molar-refractivity contribution is 5.79. The summed E-state index contributed by atoms with van der Waals surface area (Å²) in [5, 5.41) is 0. The molecule has 3 rings (SSSR count). The summed E-state index contributed by atoms with van der Waals surface area (Å²) in [4.78, 5) is 16.5. The van der Waals surface area contributed by atoms with Gasteiger partial charge in [-0.3, -0.25) is 9.36 Å². The molecule has 19 heavy (non-hydrogen) atoms. The smallest absolute Gasteiger partial charge is 0.253 e. The van der Waals surface area contributed by atoms with Crippen molar-refractivity contribution >= 4 is 11.6 Å². The highest BCUT2D eigenvalue weighted by atomic mass is 16.1. The number of rotatable bonds is 1. The first-order chi connectivity index (χ1) is 9.24. The van der Waals surface area contributed by atoms with E-state index in [0.717, 1.165) is 42.0 Å². The first-order valence-electron chi connectivity index (χ1n) is 6.58. The molecule has 0 aliphatic carbocycles. The number of hydrogen-bond donors (Lipinski definition) is 0. The molecular formula is C16H16N2O. The number of allylic oxidation sites excluding steroid dienone is 1. The van der Waals surface area contributed by atoms with Crippen LogP contribution in [0.1, 0.15) is 29.9 Å². The number of aromatic nitrogens is 2. The van der Waals surface area contributed by atoms with Gasteiger partial charge in [0.15, 0.2) is 0 Å². The van der Waals surface area contributed by atoms with Crippen molar-refractivity contribution in [2.45, 2.75) is 26.3 Å². The van der Waals surface area contributed by atoms with Crippen molar-refractivity contribution < 1.29 is 0 Å². The fourth-order valence-electron chi connectivity index (χ4n) is 2.51. The van der Waals surface area contributed by atoms with Crippen LogP contribution < -0.4 is 5.56 Å². The largest absolute Gasteiger partial charge is 0.293 e. The second-order valence-corrected chi connectivity index (χ2v) is 4.89. The Hall–Kier alpha value is -2.16. The summed E-state index contributed by atoms with van der Waals surface area (Å²) < 4.78 is 1.78. The summed E-state index contributed by atoms with van der Waals surface area (Å²) in [6, 6.07) is 11.8. The minimum absolute atomic E-state index is 0.0566. The Balaban J connectivity index is 2.13. The molecule has 96 valence electrons. The fourth-order valence-corrected chi connectivity index (χ4v) is 2.51. The first-order valence-corrected chi connectivity index (χ1v) is 6.58. The van der Waals surface area contributed by atoms with Crippen LogP contribution in [0.25, 0.3) is 11.6 Å².